The Morgan fingerprint density at radius 3 is 2.23 bits per heavy atom. The third-order valence-electron chi connectivity index (χ3n) is 6.65. The van der Waals surface area contributed by atoms with Gasteiger partial charge in [0, 0.05) is 31.6 Å². The molecule has 0 radical (unpaired) electrons. The number of fused-ring (bicyclic) bond motifs is 1. The average molecular weight is 578 g/mol. The summed E-state index contributed by atoms with van der Waals surface area (Å²) < 4.78 is 28.0. The van der Waals surface area contributed by atoms with Crippen molar-refractivity contribution in [3.63, 3.8) is 0 Å². The van der Waals surface area contributed by atoms with Crippen LogP contribution >= 0.6 is 11.6 Å². The molecule has 0 spiro atoms. The van der Waals surface area contributed by atoms with Crippen LogP contribution in [0, 0.1) is 0 Å². The fourth-order valence-electron chi connectivity index (χ4n) is 4.55. The predicted octanol–water partition coefficient (Wildman–Crippen LogP) is 4.89. The molecule has 208 valence electrons. The van der Waals surface area contributed by atoms with E-state index in [1.165, 1.54) is 18.0 Å². The molecule has 1 unspecified atom stereocenters. The Labute approximate surface area is 240 Å². The highest BCUT2D eigenvalue weighted by Crippen LogP contribution is 2.22. The maximum Gasteiger partial charge on any atom is 0.243 e. The van der Waals surface area contributed by atoms with Gasteiger partial charge in [0.2, 0.25) is 21.8 Å². The molecule has 0 aliphatic rings. The van der Waals surface area contributed by atoms with Crippen LogP contribution in [-0.2, 0) is 32.6 Å². The van der Waals surface area contributed by atoms with Crippen molar-refractivity contribution < 1.29 is 18.0 Å². The predicted molar refractivity (Wildman–Crippen MR) is 158 cm³/mol. The maximum absolute atomic E-state index is 13.9. The topological polar surface area (TPSA) is 86.8 Å². The molecule has 1 N–H and O–H groups in total. The van der Waals surface area contributed by atoms with Crippen molar-refractivity contribution in [3.05, 3.63) is 113 Å². The van der Waals surface area contributed by atoms with Gasteiger partial charge in [-0.3, -0.25) is 9.59 Å². The standard InChI is InChI=1S/C31H32ClN3O4S/c1-3-33-31(37)29(19-23-10-5-4-6-11-23)35(21-24-12-9-15-27(32)18-24)30(36)22-34(2)40(38,39)28-17-16-25-13-7-8-14-26(25)20-28/h4-18,20,29H,3,19,21-22H2,1-2H3,(H,33,37). The smallest absolute Gasteiger partial charge is 0.243 e. The number of carbonyl (C=O) groups excluding carboxylic acids is 2. The van der Waals surface area contributed by atoms with Gasteiger partial charge < -0.3 is 10.2 Å². The largest absolute Gasteiger partial charge is 0.355 e. The van der Waals surface area contributed by atoms with Crippen molar-refractivity contribution >= 4 is 44.2 Å². The number of rotatable bonds is 11. The van der Waals surface area contributed by atoms with Crippen LogP contribution in [0.5, 0.6) is 0 Å². The summed E-state index contributed by atoms with van der Waals surface area (Å²) in [7, 11) is -2.62. The molecule has 0 saturated carbocycles. The van der Waals surface area contributed by atoms with Gasteiger partial charge in [0.25, 0.3) is 0 Å². The number of hydrogen-bond acceptors (Lipinski definition) is 4. The Kier molecular flexibility index (Phi) is 9.58. The zero-order valence-electron chi connectivity index (χ0n) is 22.5. The molecule has 0 aliphatic carbocycles. The highest BCUT2D eigenvalue weighted by Gasteiger charge is 2.33. The number of carbonyl (C=O) groups is 2. The monoisotopic (exact) mass is 577 g/mol. The van der Waals surface area contributed by atoms with Gasteiger partial charge in [-0.1, -0.05) is 84.4 Å². The van der Waals surface area contributed by atoms with Gasteiger partial charge in [0.1, 0.15) is 6.04 Å². The normalized spacial score (nSPS) is 12.3. The van der Waals surface area contributed by atoms with E-state index in [4.69, 9.17) is 11.6 Å². The second kappa shape index (κ2) is 13.1. The molecular formula is C31H32ClN3O4S. The number of nitrogens with one attached hydrogen (secondary N) is 1. The van der Waals surface area contributed by atoms with Gasteiger partial charge in [0.15, 0.2) is 0 Å². The number of likely N-dealkylation sites (N-methyl/N-ethyl adjacent to an activating group) is 2. The Bertz CT molecular complexity index is 1590. The first-order valence-electron chi connectivity index (χ1n) is 13.0. The first-order valence-corrected chi connectivity index (χ1v) is 14.8. The first kappa shape index (κ1) is 29.3. The number of halogens is 1. The first-order chi connectivity index (χ1) is 19.2. The molecule has 0 bridgehead atoms. The van der Waals surface area contributed by atoms with E-state index in [2.05, 4.69) is 5.32 Å². The van der Waals surface area contributed by atoms with Crippen LogP contribution in [-0.4, -0.2) is 55.6 Å². The van der Waals surface area contributed by atoms with Crippen LogP contribution in [0.3, 0.4) is 0 Å². The van der Waals surface area contributed by atoms with E-state index in [9.17, 15) is 18.0 Å². The van der Waals surface area contributed by atoms with Crippen LogP contribution in [0.1, 0.15) is 18.1 Å². The molecule has 2 amide bonds. The van der Waals surface area contributed by atoms with Gasteiger partial charge >= 0.3 is 0 Å². The lowest BCUT2D eigenvalue weighted by Crippen LogP contribution is -2.53. The summed E-state index contributed by atoms with van der Waals surface area (Å²) in [4.78, 5) is 28.7. The van der Waals surface area contributed by atoms with Crippen LogP contribution in [0.4, 0.5) is 0 Å². The van der Waals surface area contributed by atoms with Gasteiger partial charge in [-0.2, -0.15) is 4.31 Å². The summed E-state index contributed by atoms with van der Waals surface area (Å²) in [6.07, 6.45) is 0.264. The van der Waals surface area contributed by atoms with Crippen LogP contribution in [0.15, 0.2) is 102 Å². The van der Waals surface area contributed by atoms with E-state index in [-0.39, 0.29) is 23.8 Å². The minimum atomic E-state index is -3.99. The minimum absolute atomic E-state index is 0.0812. The lowest BCUT2D eigenvalue weighted by atomic mass is 10.0. The van der Waals surface area contributed by atoms with E-state index in [0.717, 1.165) is 26.2 Å². The molecule has 0 heterocycles. The van der Waals surface area contributed by atoms with E-state index < -0.39 is 28.5 Å². The lowest BCUT2D eigenvalue weighted by molar-refractivity contribution is -0.141. The van der Waals surface area contributed by atoms with Gasteiger partial charge in [-0.15, -0.1) is 0 Å². The molecule has 4 aromatic rings. The molecule has 1 atom stereocenters. The quantitative estimate of drug-likeness (QED) is 0.275. The van der Waals surface area contributed by atoms with Crippen LogP contribution in [0.25, 0.3) is 10.8 Å². The number of benzene rings is 4. The Morgan fingerprint density at radius 2 is 1.52 bits per heavy atom. The number of nitrogens with zero attached hydrogens (tertiary/aromatic N) is 2. The summed E-state index contributed by atoms with van der Waals surface area (Å²) in [6, 6.07) is 27.9. The van der Waals surface area contributed by atoms with Crippen molar-refractivity contribution in [2.75, 3.05) is 20.1 Å². The zero-order valence-corrected chi connectivity index (χ0v) is 24.0. The Hall–Kier alpha value is -3.72. The average Bonchev–Trinajstić information content (AvgIpc) is 2.95. The van der Waals surface area contributed by atoms with Crippen LogP contribution in [0.2, 0.25) is 5.02 Å². The number of amides is 2. The molecule has 4 aromatic carbocycles. The van der Waals surface area contributed by atoms with Gasteiger partial charge in [-0.25, -0.2) is 8.42 Å². The molecule has 4 rings (SSSR count). The molecule has 9 heteroatoms. The van der Waals surface area contributed by atoms with E-state index in [0.29, 0.717) is 11.6 Å². The van der Waals surface area contributed by atoms with Crippen molar-refractivity contribution in [1.82, 2.24) is 14.5 Å². The summed E-state index contributed by atoms with van der Waals surface area (Å²) in [5, 5.41) is 5.03. The molecule has 0 aromatic heterocycles. The molecule has 0 fully saturated rings. The highest BCUT2D eigenvalue weighted by atomic mass is 35.5. The molecule has 0 aliphatic heterocycles. The third kappa shape index (κ3) is 7.07. The Balaban J connectivity index is 1.66. The summed E-state index contributed by atoms with van der Waals surface area (Å²) in [5.41, 5.74) is 1.60. The summed E-state index contributed by atoms with van der Waals surface area (Å²) in [6.45, 7) is 1.84. The lowest BCUT2D eigenvalue weighted by Gasteiger charge is -2.32. The molecule has 0 saturated heterocycles. The second-order valence-electron chi connectivity index (χ2n) is 9.52. The van der Waals surface area contributed by atoms with Gasteiger partial charge in [0.05, 0.1) is 11.4 Å². The fourth-order valence-corrected chi connectivity index (χ4v) is 5.92. The second-order valence-corrected chi connectivity index (χ2v) is 12.0. The summed E-state index contributed by atoms with van der Waals surface area (Å²) in [5.74, 6) is -0.819. The number of sulfonamides is 1. The Morgan fingerprint density at radius 1 is 0.850 bits per heavy atom. The number of hydrogen-bond donors (Lipinski definition) is 1. The SMILES string of the molecule is CCNC(=O)C(Cc1ccccc1)N(Cc1cccc(Cl)c1)C(=O)CN(C)S(=O)(=O)c1ccc2ccccc2c1. The van der Waals surface area contributed by atoms with Crippen molar-refractivity contribution in [2.24, 2.45) is 0 Å². The summed E-state index contributed by atoms with van der Waals surface area (Å²) >= 11 is 6.21. The molecule has 7 nitrogen and oxygen atoms in total. The van der Waals surface area contributed by atoms with E-state index in [1.807, 2.05) is 67.6 Å². The van der Waals surface area contributed by atoms with Crippen molar-refractivity contribution in [2.45, 2.75) is 30.8 Å². The zero-order chi connectivity index (χ0) is 28.7. The molecular weight excluding hydrogens is 546 g/mol. The highest BCUT2D eigenvalue weighted by molar-refractivity contribution is 7.89. The minimum Gasteiger partial charge on any atom is -0.355 e. The van der Waals surface area contributed by atoms with Crippen molar-refractivity contribution in [3.8, 4) is 0 Å². The molecule has 40 heavy (non-hydrogen) atoms. The maximum atomic E-state index is 13.9. The fraction of sp³-hybridized carbons (Fsp3) is 0.226. The van der Waals surface area contributed by atoms with Crippen LogP contribution < -0.4 is 5.32 Å². The van der Waals surface area contributed by atoms with Gasteiger partial charge in [-0.05, 0) is 53.1 Å². The third-order valence-corrected chi connectivity index (χ3v) is 8.69. The van der Waals surface area contributed by atoms with E-state index in [1.54, 1.807) is 30.3 Å². The van der Waals surface area contributed by atoms with Crippen molar-refractivity contribution in [1.29, 1.82) is 0 Å². The van der Waals surface area contributed by atoms with E-state index >= 15 is 0 Å².